The van der Waals surface area contributed by atoms with E-state index in [2.05, 4.69) is 11.9 Å². The second-order valence-electron chi connectivity index (χ2n) is 4.04. The van der Waals surface area contributed by atoms with E-state index in [0.29, 0.717) is 13.2 Å². The first kappa shape index (κ1) is 10.8. The topological polar surface area (TPSA) is 39.7 Å². The molecule has 1 N–H and O–H groups in total. The standard InChI is InChI=1S/C12H14BNO3/c1-3-8-4-5-9-11-10(8)12(14-2)17-13(11)16-7-6-15-9/h3-5,12,14H,1,6-7H2,2H3/t12-/m0/s1. The Labute approximate surface area is 101 Å². The van der Waals surface area contributed by atoms with Crippen LogP contribution in [-0.4, -0.2) is 27.4 Å². The molecule has 0 radical (unpaired) electrons. The van der Waals surface area contributed by atoms with Gasteiger partial charge in [0.2, 0.25) is 0 Å². The maximum Gasteiger partial charge on any atom is 0.499 e. The first-order valence-corrected chi connectivity index (χ1v) is 5.71. The summed E-state index contributed by atoms with van der Waals surface area (Å²) in [6.07, 6.45) is 1.67. The van der Waals surface area contributed by atoms with Crippen LogP contribution in [0.25, 0.3) is 6.08 Å². The Bertz CT molecular complexity index is 463. The molecule has 3 rings (SSSR count). The molecular formula is C12H14BNO3. The molecule has 17 heavy (non-hydrogen) atoms. The van der Waals surface area contributed by atoms with Crippen LogP contribution in [-0.2, 0) is 9.31 Å². The highest BCUT2D eigenvalue weighted by Crippen LogP contribution is 2.31. The van der Waals surface area contributed by atoms with E-state index in [9.17, 15) is 0 Å². The van der Waals surface area contributed by atoms with Gasteiger partial charge in [-0.15, -0.1) is 0 Å². The van der Waals surface area contributed by atoms with Crippen molar-refractivity contribution >= 4 is 18.7 Å². The van der Waals surface area contributed by atoms with Crippen molar-refractivity contribution in [1.29, 1.82) is 0 Å². The molecule has 0 fully saturated rings. The lowest BCUT2D eigenvalue weighted by molar-refractivity contribution is 0.128. The summed E-state index contributed by atoms with van der Waals surface area (Å²) in [5, 5.41) is 3.13. The lowest BCUT2D eigenvalue weighted by atomic mass is 9.77. The zero-order valence-corrected chi connectivity index (χ0v) is 9.73. The van der Waals surface area contributed by atoms with Crippen LogP contribution in [0.15, 0.2) is 18.7 Å². The van der Waals surface area contributed by atoms with Crippen LogP contribution in [0.1, 0.15) is 17.4 Å². The first-order valence-electron chi connectivity index (χ1n) is 5.71. The molecule has 2 aliphatic heterocycles. The van der Waals surface area contributed by atoms with E-state index in [0.717, 1.165) is 22.3 Å². The molecule has 0 amide bonds. The van der Waals surface area contributed by atoms with Crippen molar-refractivity contribution in [3.63, 3.8) is 0 Å². The van der Waals surface area contributed by atoms with Crippen molar-refractivity contribution in [2.45, 2.75) is 6.23 Å². The van der Waals surface area contributed by atoms with E-state index in [-0.39, 0.29) is 13.3 Å². The van der Waals surface area contributed by atoms with Crippen molar-refractivity contribution in [2.24, 2.45) is 0 Å². The van der Waals surface area contributed by atoms with Crippen molar-refractivity contribution in [3.8, 4) is 5.75 Å². The van der Waals surface area contributed by atoms with Gasteiger partial charge in [-0.25, -0.2) is 0 Å². The maximum atomic E-state index is 5.82. The fourth-order valence-electron chi connectivity index (χ4n) is 2.37. The maximum absolute atomic E-state index is 5.82. The summed E-state index contributed by atoms with van der Waals surface area (Å²) in [5.41, 5.74) is 3.13. The third-order valence-corrected chi connectivity index (χ3v) is 3.13. The molecule has 0 saturated carbocycles. The van der Waals surface area contributed by atoms with Gasteiger partial charge in [-0.1, -0.05) is 18.7 Å². The zero-order valence-electron chi connectivity index (χ0n) is 9.73. The van der Waals surface area contributed by atoms with Crippen LogP contribution in [0, 0.1) is 0 Å². The smallest absolute Gasteiger partial charge is 0.492 e. The van der Waals surface area contributed by atoms with Gasteiger partial charge in [0.05, 0.1) is 6.61 Å². The minimum absolute atomic E-state index is 0.162. The average molecular weight is 231 g/mol. The molecule has 0 spiro atoms. The summed E-state index contributed by atoms with van der Waals surface area (Å²) >= 11 is 0. The van der Waals surface area contributed by atoms with Gasteiger partial charge >= 0.3 is 7.12 Å². The van der Waals surface area contributed by atoms with Gasteiger partial charge in [-0.05, 0) is 18.7 Å². The van der Waals surface area contributed by atoms with Gasteiger partial charge in [0.25, 0.3) is 0 Å². The lowest BCUT2D eigenvalue weighted by Crippen LogP contribution is -2.32. The van der Waals surface area contributed by atoms with Gasteiger partial charge in [-0.3, -0.25) is 5.32 Å². The van der Waals surface area contributed by atoms with Crippen molar-refractivity contribution in [1.82, 2.24) is 5.32 Å². The highest BCUT2D eigenvalue weighted by atomic mass is 16.6. The number of hydrogen-bond acceptors (Lipinski definition) is 4. The minimum atomic E-state index is -0.333. The summed E-state index contributed by atoms with van der Waals surface area (Å²) in [5.74, 6) is 0.853. The van der Waals surface area contributed by atoms with Crippen molar-refractivity contribution < 1.29 is 14.0 Å². The Morgan fingerprint density at radius 2 is 2.35 bits per heavy atom. The Morgan fingerprint density at radius 1 is 1.47 bits per heavy atom. The van der Waals surface area contributed by atoms with E-state index in [4.69, 9.17) is 14.0 Å². The van der Waals surface area contributed by atoms with Gasteiger partial charge < -0.3 is 14.0 Å². The highest BCUT2D eigenvalue weighted by molar-refractivity contribution is 6.64. The zero-order chi connectivity index (χ0) is 11.8. The van der Waals surface area contributed by atoms with Crippen LogP contribution in [0.4, 0.5) is 0 Å². The first-order chi connectivity index (χ1) is 8.35. The number of rotatable bonds is 2. The predicted octanol–water partition coefficient (Wildman–Crippen LogP) is 0.682. The summed E-state index contributed by atoms with van der Waals surface area (Å²) in [6, 6.07) is 3.96. The minimum Gasteiger partial charge on any atom is -0.492 e. The van der Waals surface area contributed by atoms with E-state index >= 15 is 0 Å². The summed E-state index contributed by atoms with van der Waals surface area (Å²) in [7, 11) is 1.53. The number of benzene rings is 1. The van der Waals surface area contributed by atoms with E-state index in [1.807, 2.05) is 25.3 Å². The fourth-order valence-corrected chi connectivity index (χ4v) is 2.37. The molecule has 1 aromatic carbocycles. The molecule has 0 aliphatic carbocycles. The Kier molecular flexibility index (Phi) is 2.66. The molecule has 1 atom stereocenters. The quantitative estimate of drug-likeness (QED) is 0.760. The van der Waals surface area contributed by atoms with Crippen LogP contribution in [0.3, 0.4) is 0 Å². The monoisotopic (exact) mass is 231 g/mol. The van der Waals surface area contributed by atoms with Gasteiger partial charge in [0, 0.05) is 11.0 Å². The second-order valence-corrected chi connectivity index (χ2v) is 4.04. The summed E-state index contributed by atoms with van der Waals surface area (Å²) in [6.45, 7) is 4.93. The molecule has 0 saturated heterocycles. The van der Waals surface area contributed by atoms with E-state index in [1.54, 1.807) is 0 Å². The molecule has 4 nitrogen and oxygen atoms in total. The summed E-state index contributed by atoms with van der Waals surface area (Å²) in [4.78, 5) is 0. The molecule has 1 aromatic rings. The van der Waals surface area contributed by atoms with Crippen molar-refractivity contribution in [3.05, 3.63) is 29.8 Å². The average Bonchev–Trinajstić information content (AvgIpc) is 2.61. The van der Waals surface area contributed by atoms with Crippen LogP contribution in [0.5, 0.6) is 5.75 Å². The third-order valence-electron chi connectivity index (χ3n) is 3.13. The largest absolute Gasteiger partial charge is 0.499 e. The molecule has 0 aromatic heterocycles. The van der Waals surface area contributed by atoms with Gasteiger partial charge in [-0.2, -0.15) is 0 Å². The number of ether oxygens (including phenoxy) is 1. The lowest BCUT2D eigenvalue weighted by Gasteiger charge is -2.15. The molecule has 5 heteroatoms. The molecule has 2 aliphatic rings. The van der Waals surface area contributed by atoms with Gasteiger partial charge in [0.1, 0.15) is 18.6 Å². The predicted molar refractivity (Wildman–Crippen MR) is 66.3 cm³/mol. The van der Waals surface area contributed by atoms with Crippen LogP contribution < -0.4 is 15.5 Å². The third kappa shape index (κ3) is 1.58. The Morgan fingerprint density at radius 3 is 3.12 bits per heavy atom. The van der Waals surface area contributed by atoms with Crippen LogP contribution >= 0.6 is 0 Å². The fraction of sp³-hybridized carbons (Fsp3) is 0.333. The van der Waals surface area contributed by atoms with E-state index in [1.165, 1.54) is 0 Å². The number of nitrogens with one attached hydrogen (secondary N) is 1. The molecule has 0 bridgehead atoms. The van der Waals surface area contributed by atoms with Crippen LogP contribution in [0.2, 0.25) is 0 Å². The normalized spacial score (nSPS) is 21.7. The molecule has 88 valence electrons. The van der Waals surface area contributed by atoms with E-state index < -0.39 is 0 Å². The SMILES string of the molecule is C=Cc1ccc2c3c1[C@@H](NC)OB3OCCO2. The molecule has 2 heterocycles. The second kappa shape index (κ2) is 4.18. The molecule has 0 unspecified atom stereocenters. The highest BCUT2D eigenvalue weighted by Gasteiger charge is 2.42. The number of hydrogen-bond donors (Lipinski definition) is 1. The Balaban J connectivity index is 2.20. The van der Waals surface area contributed by atoms with Gasteiger partial charge in [0.15, 0.2) is 0 Å². The molecular weight excluding hydrogens is 217 g/mol. The van der Waals surface area contributed by atoms with Crippen molar-refractivity contribution in [2.75, 3.05) is 20.3 Å². The summed E-state index contributed by atoms with van der Waals surface area (Å²) < 4.78 is 17.1. The Hall–Kier alpha value is -1.30.